The van der Waals surface area contributed by atoms with Crippen LogP contribution < -0.4 is 13.9 Å². The highest BCUT2D eigenvalue weighted by molar-refractivity contribution is 7.92. The van der Waals surface area contributed by atoms with Gasteiger partial charge in [-0.05, 0) is 31.2 Å². The topological polar surface area (TPSA) is 71.4 Å². The second-order valence-electron chi connectivity index (χ2n) is 6.03. The molecule has 1 saturated heterocycles. The van der Waals surface area contributed by atoms with Crippen molar-refractivity contribution in [3.8, 4) is 5.75 Å². The molecular formula is C16H26N3O4S+. The summed E-state index contributed by atoms with van der Waals surface area (Å²) in [6, 6.07) is 6.74. The summed E-state index contributed by atoms with van der Waals surface area (Å²) >= 11 is 0. The molecule has 1 heterocycles. The summed E-state index contributed by atoms with van der Waals surface area (Å²) in [6.45, 7) is 5.33. The number of quaternary nitrogens is 1. The Morgan fingerprint density at radius 3 is 2.33 bits per heavy atom. The van der Waals surface area contributed by atoms with E-state index in [1.807, 2.05) is 6.92 Å². The van der Waals surface area contributed by atoms with Gasteiger partial charge >= 0.3 is 0 Å². The van der Waals surface area contributed by atoms with E-state index >= 15 is 0 Å². The molecule has 0 radical (unpaired) electrons. The first-order chi connectivity index (χ1) is 11.3. The van der Waals surface area contributed by atoms with E-state index in [1.165, 1.54) is 4.90 Å². The van der Waals surface area contributed by atoms with Crippen molar-refractivity contribution in [3.63, 3.8) is 0 Å². The number of nitrogens with one attached hydrogen (secondary N) is 1. The summed E-state index contributed by atoms with van der Waals surface area (Å²) in [5, 5.41) is 0. The zero-order valence-electron chi connectivity index (χ0n) is 14.5. The van der Waals surface area contributed by atoms with Gasteiger partial charge in [-0.25, -0.2) is 8.42 Å². The van der Waals surface area contributed by atoms with Gasteiger partial charge in [0.15, 0.2) is 0 Å². The third-order valence-corrected chi connectivity index (χ3v) is 5.23. The van der Waals surface area contributed by atoms with Crippen LogP contribution in [0.4, 0.5) is 5.69 Å². The van der Waals surface area contributed by atoms with Gasteiger partial charge in [-0.15, -0.1) is 0 Å². The Morgan fingerprint density at radius 2 is 1.83 bits per heavy atom. The smallest absolute Gasteiger partial charge is 0.243 e. The van der Waals surface area contributed by atoms with E-state index in [9.17, 15) is 13.2 Å². The van der Waals surface area contributed by atoms with Crippen molar-refractivity contribution in [1.29, 1.82) is 0 Å². The molecule has 0 spiro atoms. The summed E-state index contributed by atoms with van der Waals surface area (Å²) in [7, 11) is -1.46. The number of rotatable bonds is 6. The van der Waals surface area contributed by atoms with Gasteiger partial charge < -0.3 is 14.5 Å². The molecule has 0 unspecified atom stereocenters. The number of nitrogens with zero attached hydrogens (tertiary/aromatic N) is 2. The molecule has 1 fully saturated rings. The lowest BCUT2D eigenvalue weighted by molar-refractivity contribution is -0.883. The zero-order chi connectivity index (χ0) is 17.7. The predicted molar refractivity (Wildman–Crippen MR) is 93.0 cm³/mol. The summed E-state index contributed by atoms with van der Waals surface area (Å²) < 4.78 is 30.8. The van der Waals surface area contributed by atoms with Crippen LogP contribution in [0.3, 0.4) is 0 Å². The molecule has 1 aromatic rings. The molecule has 0 bridgehead atoms. The van der Waals surface area contributed by atoms with Gasteiger partial charge in [0.25, 0.3) is 0 Å². The SMILES string of the molecule is CCOc1ccc(N(CC(=O)N2CC[NH+](C)CC2)S(C)(=O)=O)cc1. The van der Waals surface area contributed by atoms with E-state index < -0.39 is 10.0 Å². The second kappa shape index (κ2) is 7.85. The Morgan fingerprint density at radius 1 is 1.25 bits per heavy atom. The van der Waals surface area contributed by atoms with E-state index in [0.29, 0.717) is 31.1 Å². The van der Waals surface area contributed by atoms with Crippen LogP contribution in [0.15, 0.2) is 24.3 Å². The van der Waals surface area contributed by atoms with E-state index in [1.54, 1.807) is 29.2 Å². The first kappa shape index (κ1) is 18.5. The number of anilines is 1. The fraction of sp³-hybridized carbons (Fsp3) is 0.562. The van der Waals surface area contributed by atoms with Crippen LogP contribution in [0.25, 0.3) is 0 Å². The van der Waals surface area contributed by atoms with Crippen LogP contribution in [0.1, 0.15) is 6.92 Å². The Bertz CT molecular complexity index is 652. The monoisotopic (exact) mass is 356 g/mol. The Hall–Kier alpha value is -1.80. The van der Waals surface area contributed by atoms with Gasteiger partial charge in [-0.1, -0.05) is 0 Å². The van der Waals surface area contributed by atoms with Crippen LogP contribution in [-0.2, 0) is 14.8 Å². The van der Waals surface area contributed by atoms with Gasteiger partial charge in [0, 0.05) is 0 Å². The van der Waals surface area contributed by atoms with Crippen LogP contribution in [0, 0.1) is 0 Å². The van der Waals surface area contributed by atoms with Crippen molar-refractivity contribution in [2.45, 2.75) is 6.92 Å². The fourth-order valence-corrected chi connectivity index (χ4v) is 3.49. The molecule has 8 heteroatoms. The van der Waals surface area contributed by atoms with E-state index in [2.05, 4.69) is 7.05 Å². The van der Waals surface area contributed by atoms with Crippen molar-refractivity contribution in [3.05, 3.63) is 24.3 Å². The molecular weight excluding hydrogens is 330 g/mol. The normalized spacial score (nSPS) is 16.0. The molecule has 1 aliphatic rings. The minimum atomic E-state index is -3.55. The Balaban J connectivity index is 2.12. The maximum atomic E-state index is 12.5. The molecule has 134 valence electrons. The lowest BCUT2D eigenvalue weighted by Crippen LogP contribution is -3.12. The number of carbonyl (C=O) groups is 1. The predicted octanol–water partition coefficient (Wildman–Crippen LogP) is -0.792. The van der Waals surface area contributed by atoms with Crippen LogP contribution in [-0.4, -0.2) is 71.9 Å². The second-order valence-corrected chi connectivity index (χ2v) is 7.94. The molecule has 7 nitrogen and oxygen atoms in total. The summed E-state index contributed by atoms with van der Waals surface area (Å²) in [4.78, 5) is 15.6. The van der Waals surface area contributed by atoms with E-state index in [0.717, 1.165) is 23.7 Å². The number of amides is 1. The molecule has 24 heavy (non-hydrogen) atoms. The van der Waals surface area contributed by atoms with Crippen molar-refractivity contribution >= 4 is 21.6 Å². The number of carbonyl (C=O) groups excluding carboxylic acids is 1. The third-order valence-electron chi connectivity index (χ3n) is 4.08. The van der Waals surface area contributed by atoms with Crippen molar-refractivity contribution in [2.75, 3.05) is 56.9 Å². The molecule has 1 N–H and O–H groups in total. The zero-order valence-corrected chi connectivity index (χ0v) is 15.3. The summed E-state index contributed by atoms with van der Waals surface area (Å²) in [5.74, 6) is 0.505. The highest BCUT2D eigenvalue weighted by atomic mass is 32.2. The van der Waals surface area contributed by atoms with Crippen LogP contribution in [0.2, 0.25) is 0 Å². The average molecular weight is 356 g/mol. The number of benzene rings is 1. The number of hydrogen-bond acceptors (Lipinski definition) is 4. The Kier molecular flexibility index (Phi) is 6.06. The van der Waals surface area contributed by atoms with Gasteiger partial charge in [0.2, 0.25) is 15.9 Å². The number of likely N-dealkylation sites (N-methyl/N-ethyl adjacent to an activating group) is 1. The highest BCUT2D eigenvalue weighted by Gasteiger charge is 2.26. The van der Waals surface area contributed by atoms with Gasteiger partial charge in [-0.2, -0.15) is 0 Å². The average Bonchev–Trinajstić information content (AvgIpc) is 2.53. The third kappa shape index (κ3) is 4.85. The lowest BCUT2D eigenvalue weighted by atomic mass is 10.3. The molecule has 1 aliphatic heterocycles. The first-order valence-electron chi connectivity index (χ1n) is 8.11. The maximum Gasteiger partial charge on any atom is 0.243 e. The molecule has 1 aromatic carbocycles. The van der Waals surface area contributed by atoms with Crippen LogP contribution in [0.5, 0.6) is 5.75 Å². The Labute approximate surface area is 143 Å². The number of hydrogen-bond donors (Lipinski definition) is 1. The largest absolute Gasteiger partial charge is 0.494 e. The molecule has 0 aliphatic carbocycles. The number of ether oxygens (including phenoxy) is 1. The van der Waals surface area contributed by atoms with Gasteiger partial charge in [0.1, 0.15) is 12.3 Å². The number of sulfonamides is 1. The molecule has 0 atom stereocenters. The minimum Gasteiger partial charge on any atom is -0.494 e. The molecule has 0 saturated carbocycles. The summed E-state index contributed by atoms with van der Waals surface area (Å²) in [6.07, 6.45) is 1.12. The van der Waals surface area contributed by atoms with Gasteiger partial charge in [0.05, 0.1) is 51.8 Å². The van der Waals surface area contributed by atoms with Crippen LogP contribution >= 0.6 is 0 Å². The molecule has 0 aromatic heterocycles. The van der Waals surface area contributed by atoms with Crippen molar-refractivity contribution in [1.82, 2.24) is 4.90 Å². The quantitative estimate of drug-likeness (QED) is 0.725. The first-order valence-corrected chi connectivity index (χ1v) is 9.95. The molecule has 2 rings (SSSR count). The van der Waals surface area contributed by atoms with E-state index in [4.69, 9.17) is 4.74 Å². The molecule has 1 amide bonds. The fourth-order valence-electron chi connectivity index (χ4n) is 2.64. The minimum absolute atomic E-state index is 0.165. The highest BCUT2D eigenvalue weighted by Crippen LogP contribution is 2.21. The van der Waals surface area contributed by atoms with Crippen molar-refractivity contribution < 1.29 is 22.8 Å². The lowest BCUT2D eigenvalue weighted by Gasteiger charge is -2.32. The number of piperazine rings is 1. The standard InChI is InChI=1S/C16H25N3O4S/c1-4-23-15-7-5-14(6-8-15)19(24(3,21)22)13-16(20)18-11-9-17(2)10-12-18/h5-8H,4,9-13H2,1-3H3/p+1. The summed E-state index contributed by atoms with van der Waals surface area (Å²) in [5.41, 5.74) is 0.467. The van der Waals surface area contributed by atoms with E-state index in [-0.39, 0.29) is 12.5 Å². The maximum absolute atomic E-state index is 12.5. The van der Waals surface area contributed by atoms with Crippen molar-refractivity contribution in [2.24, 2.45) is 0 Å². The van der Waals surface area contributed by atoms with Gasteiger partial charge in [-0.3, -0.25) is 9.10 Å².